The SMILES string of the molecule is CCN(Cc1cc2ccc(SC)cc2[nH]c1=O)CC1CCCO1. The number of thioether (sulfide) groups is 1. The molecule has 4 nitrogen and oxygen atoms in total. The molecule has 124 valence electrons. The van der Waals surface area contributed by atoms with Crippen LogP contribution in [0.4, 0.5) is 0 Å². The number of aromatic nitrogens is 1. The Bertz CT molecular complexity index is 723. The Kier molecular flexibility index (Phi) is 5.41. The second-order valence-electron chi connectivity index (χ2n) is 6.04. The number of H-pyrrole nitrogens is 1. The van der Waals surface area contributed by atoms with Gasteiger partial charge < -0.3 is 9.72 Å². The third-order valence-corrected chi connectivity index (χ3v) is 5.18. The molecule has 2 aromatic rings. The Hall–Kier alpha value is -1.30. The Balaban J connectivity index is 1.80. The number of benzene rings is 1. The Labute approximate surface area is 141 Å². The zero-order valence-electron chi connectivity index (χ0n) is 13.8. The van der Waals surface area contributed by atoms with E-state index in [2.05, 4.69) is 28.9 Å². The molecule has 23 heavy (non-hydrogen) atoms. The third kappa shape index (κ3) is 3.97. The van der Waals surface area contributed by atoms with Crippen LogP contribution in [0.1, 0.15) is 25.3 Å². The lowest BCUT2D eigenvalue weighted by Gasteiger charge is -2.23. The molecule has 1 fully saturated rings. The van der Waals surface area contributed by atoms with Crippen LogP contribution in [-0.4, -0.2) is 41.9 Å². The van der Waals surface area contributed by atoms with Crippen molar-refractivity contribution in [1.82, 2.24) is 9.88 Å². The summed E-state index contributed by atoms with van der Waals surface area (Å²) in [4.78, 5) is 18.9. The van der Waals surface area contributed by atoms with Gasteiger partial charge in [-0.3, -0.25) is 9.69 Å². The van der Waals surface area contributed by atoms with Crippen LogP contribution >= 0.6 is 11.8 Å². The van der Waals surface area contributed by atoms with Crippen molar-refractivity contribution < 1.29 is 4.74 Å². The fraction of sp³-hybridized carbons (Fsp3) is 0.500. The van der Waals surface area contributed by atoms with Crippen LogP contribution in [0, 0.1) is 0 Å². The number of likely N-dealkylation sites (N-methyl/N-ethyl adjacent to an activating group) is 1. The van der Waals surface area contributed by atoms with Gasteiger partial charge in [-0.15, -0.1) is 11.8 Å². The quantitative estimate of drug-likeness (QED) is 0.825. The maximum atomic E-state index is 12.4. The summed E-state index contributed by atoms with van der Waals surface area (Å²) >= 11 is 1.68. The maximum Gasteiger partial charge on any atom is 0.252 e. The van der Waals surface area contributed by atoms with E-state index in [0.29, 0.717) is 12.6 Å². The summed E-state index contributed by atoms with van der Waals surface area (Å²) in [5.74, 6) is 0. The lowest BCUT2D eigenvalue weighted by atomic mass is 10.1. The van der Waals surface area contributed by atoms with Crippen molar-refractivity contribution >= 4 is 22.7 Å². The van der Waals surface area contributed by atoms with E-state index >= 15 is 0 Å². The fourth-order valence-corrected chi connectivity index (χ4v) is 3.53. The molecule has 0 saturated carbocycles. The van der Waals surface area contributed by atoms with Crippen LogP contribution in [0.5, 0.6) is 0 Å². The zero-order chi connectivity index (χ0) is 16.2. The van der Waals surface area contributed by atoms with E-state index in [1.54, 1.807) is 11.8 Å². The smallest absolute Gasteiger partial charge is 0.252 e. The molecule has 1 aromatic heterocycles. The number of ether oxygens (including phenoxy) is 1. The van der Waals surface area contributed by atoms with Gasteiger partial charge in [0, 0.05) is 35.7 Å². The molecule has 0 spiro atoms. The third-order valence-electron chi connectivity index (χ3n) is 4.46. The normalized spacial score (nSPS) is 18.1. The highest BCUT2D eigenvalue weighted by Crippen LogP contribution is 2.21. The van der Waals surface area contributed by atoms with E-state index < -0.39 is 0 Å². The van der Waals surface area contributed by atoms with E-state index in [-0.39, 0.29) is 5.56 Å². The van der Waals surface area contributed by atoms with Crippen LogP contribution < -0.4 is 5.56 Å². The Morgan fingerprint density at radius 2 is 2.26 bits per heavy atom. The van der Waals surface area contributed by atoms with Gasteiger partial charge in [0.1, 0.15) is 0 Å². The van der Waals surface area contributed by atoms with Crippen LogP contribution in [-0.2, 0) is 11.3 Å². The van der Waals surface area contributed by atoms with Gasteiger partial charge >= 0.3 is 0 Å². The zero-order valence-corrected chi connectivity index (χ0v) is 14.6. The van der Waals surface area contributed by atoms with Gasteiger partial charge in [0.2, 0.25) is 0 Å². The van der Waals surface area contributed by atoms with Crippen molar-refractivity contribution in [3.05, 3.63) is 40.2 Å². The van der Waals surface area contributed by atoms with Crippen LogP contribution in [0.15, 0.2) is 34.0 Å². The molecule has 3 rings (SSSR count). The Morgan fingerprint density at radius 3 is 2.96 bits per heavy atom. The predicted molar refractivity (Wildman–Crippen MR) is 96.3 cm³/mol. The maximum absolute atomic E-state index is 12.4. The van der Waals surface area contributed by atoms with E-state index in [1.165, 1.54) is 0 Å². The van der Waals surface area contributed by atoms with E-state index in [1.807, 2.05) is 18.4 Å². The van der Waals surface area contributed by atoms with Crippen LogP contribution in [0.25, 0.3) is 10.9 Å². The van der Waals surface area contributed by atoms with Crippen molar-refractivity contribution in [3.63, 3.8) is 0 Å². The average Bonchev–Trinajstić information content (AvgIpc) is 3.07. The minimum atomic E-state index is 0.0153. The van der Waals surface area contributed by atoms with Crippen molar-refractivity contribution in [2.75, 3.05) is 26.0 Å². The molecule has 0 bridgehead atoms. The highest BCUT2D eigenvalue weighted by Gasteiger charge is 2.19. The van der Waals surface area contributed by atoms with E-state index in [0.717, 1.165) is 53.9 Å². The highest BCUT2D eigenvalue weighted by atomic mass is 32.2. The minimum Gasteiger partial charge on any atom is -0.377 e. The number of pyridine rings is 1. The monoisotopic (exact) mass is 332 g/mol. The van der Waals surface area contributed by atoms with Crippen LogP contribution in [0.2, 0.25) is 0 Å². The molecule has 0 aliphatic carbocycles. The highest BCUT2D eigenvalue weighted by molar-refractivity contribution is 7.98. The summed E-state index contributed by atoms with van der Waals surface area (Å²) in [6.45, 7) is 5.50. The molecule has 1 saturated heterocycles. The molecule has 1 aliphatic heterocycles. The van der Waals surface area contributed by atoms with Gasteiger partial charge in [-0.25, -0.2) is 0 Å². The van der Waals surface area contributed by atoms with Crippen molar-refractivity contribution in [1.29, 1.82) is 0 Å². The first-order valence-electron chi connectivity index (χ1n) is 8.23. The summed E-state index contributed by atoms with van der Waals surface area (Å²) < 4.78 is 5.72. The molecule has 1 N–H and O–H groups in total. The van der Waals surface area contributed by atoms with Crippen molar-refractivity contribution in [2.24, 2.45) is 0 Å². The summed E-state index contributed by atoms with van der Waals surface area (Å²) in [5, 5.41) is 1.09. The molecular formula is C18H24N2O2S. The molecule has 5 heteroatoms. The molecule has 1 aliphatic rings. The molecule has 0 amide bonds. The lowest BCUT2D eigenvalue weighted by molar-refractivity contribution is 0.0724. The molecule has 0 radical (unpaired) electrons. The number of hydrogen-bond donors (Lipinski definition) is 1. The second-order valence-corrected chi connectivity index (χ2v) is 6.92. The van der Waals surface area contributed by atoms with Crippen LogP contribution in [0.3, 0.4) is 0 Å². The number of nitrogens with zero attached hydrogens (tertiary/aromatic N) is 1. The molecule has 1 aromatic carbocycles. The summed E-state index contributed by atoms with van der Waals surface area (Å²) in [6, 6.07) is 8.24. The van der Waals surface area contributed by atoms with Gasteiger partial charge in [-0.1, -0.05) is 13.0 Å². The molecular weight excluding hydrogens is 308 g/mol. The van der Waals surface area contributed by atoms with Gasteiger partial charge in [-0.05, 0) is 49.2 Å². The molecule has 2 heterocycles. The number of aromatic amines is 1. The van der Waals surface area contributed by atoms with Gasteiger partial charge in [0.05, 0.1) is 6.10 Å². The largest absolute Gasteiger partial charge is 0.377 e. The summed E-state index contributed by atoms with van der Waals surface area (Å²) in [7, 11) is 0. The average molecular weight is 332 g/mol. The standard InChI is InChI=1S/C18H24N2O2S/c1-3-20(12-15-5-4-8-22-15)11-14-9-13-6-7-16(23-2)10-17(13)19-18(14)21/h6-7,9-10,15H,3-5,8,11-12H2,1-2H3,(H,19,21). The number of hydrogen-bond acceptors (Lipinski definition) is 4. The van der Waals surface area contributed by atoms with E-state index in [9.17, 15) is 4.79 Å². The number of nitrogens with one attached hydrogen (secondary N) is 1. The van der Waals surface area contributed by atoms with Gasteiger partial charge in [-0.2, -0.15) is 0 Å². The first-order chi connectivity index (χ1) is 11.2. The fourth-order valence-electron chi connectivity index (χ4n) is 3.09. The summed E-state index contributed by atoms with van der Waals surface area (Å²) in [5.41, 5.74) is 1.75. The van der Waals surface area contributed by atoms with E-state index in [4.69, 9.17) is 4.74 Å². The summed E-state index contributed by atoms with van der Waals surface area (Å²) in [6.07, 6.45) is 4.63. The Morgan fingerprint density at radius 1 is 1.39 bits per heavy atom. The van der Waals surface area contributed by atoms with Crippen molar-refractivity contribution in [2.45, 2.75) is 37.3 Å². The van der Waals surface area contributed by atoms with Gasteiger partial charge in [0.15, 0.2) is 0 Å². The molecule has 1 atom stereocenters. The predicted octanol–water partition coefficient (Wildman–Crippen LogP) is 3.25. The first-order valence-corrected chi connectivity index (χ1v) is 9.46. The lowest BCUT2D eigenvalue weighted by Crippen LogP contribution is -2.33. The molecule has 1 unspecified atom stereocenters. The topological polar surface area (TPSA) is 45.3 Å². The first kappa shape index (κ1) is 16.6. The number of fused-ring (bicyclic) bond motifs is 1. The minimum absolute atomic E-state index is 0.0153. The second kappa shape index (κ2) is 7.51. The van der Waals surface area contributed by atoms with Crippen molar-refractivity contribution in [3.8, 4) is 0 Å². The van der Waals surface area contributed by atoms with Gasteiger partial charge in [0.25, 0.3) is 5.56 Å². The number of rotatable bonds is 6.